The second kappa shape index (κ2) is 14.7. The fraction of sp³-hybridized carbons (Fsp3) is 0.207. The summed E-state index contributed by atoms with van der Waals surface area (Å²) in [5, 5.41) is 16.4. The van der Waals surface area contributed by atoms with Crippen molar-refractivity contribution in [3.8, 4) is 17.2 Å². The number of carbonyl (C=O) groups excluding carboxylic acids is 4. The Morgan fingerprint density at radius 1 is 0.833 bits per heavy atom. The van der Waals surface area contributed by atoms with Gasteiger partial charge in [0, 0.05) is 44.2 Å². The number of benzene rings is 3. The third kappa shape index (κ3) is 8.10. The van der Waals surface area contributed by atoms with E-state index in [4.69, 9.17) is 5.73 Å². The number of rotatable bonds is 10. The number of nitrogens with one attached hydrogen (secondary N) is 3. The minimum absolute atomic E-state index is 0.0783. The Morgan fingerprint density at radius 3 is 1.98 bits per heavy atom. The van der Waals surface area contributed by atoms with E-state index in [1.165, 1.54) is 24.3 Å². The molecule has 0 atom stereocenters. The molecule has 5 N–H and O–H groups in total. The lowest BCUT2D eigenvalue weighted by Crippen LogP contribution is -2.50. The molecule has 0 radical (unpaired) electrons. The van der Waals surface area contributed by atoms with E-state index in [1.807, 2.05) is 6.07 Å². The van der Waals surface area contributed by atoms with E-state index in [2.05, 4.69) is 47.8 Å². The van der Waals surface area contributed by atoms with Gasteiger partial charge in [-0.25, -0.2) is 8.78 Å². The monoisotopic (exact) mass is 811 g/mol. The van der Waals surface area contributed by atoms with Gasteiger partial charge in [0.2, 0.25) is 11.8 Å². The second-order valence-corrected chi connectivity index (χ2v) is 11.4. The van der Waals surface area contributed by atoms with Gasteiger partial charge in [0.1, 0.15) is 5.82 Å². The van der Waals surface area contributed by atoms with E-state index in [9.17, 15) is 55.2 Å². The normalized spacial score (nSPS) is 11.8. The minimum atomic E-state index is -6.40. The van der Waals surface area contributed by atoms with Crippen LogP contribution in [0.4, 0.5) is 40.8 Å². The molecule has 0 fully saturated rings. The average Bonchev–Trinajstić information content (AvgIpc) is 2.99. The van der Waals surface area contributed by atoms with Crippen LogP contribution >= 0.6 is 31.9 Å². The zero-order valence-electron chi connectivity index (χ0n) is 23.7. The number of primary amides is 1. The number of alkyl halides is 7. The number of halogens is 10. The number of carbonyl (C=O) groups is 4. The molecule has 0 unspecified atom stereocenters. The molecule has 3 aromatic carbocycles. The first-order valence-corrected chi connectivity index (χ1v) is 14.6. The Kier molecular flexibility index (Phi) is 11.6. The molecule has 0 bridgehead atoms. The Hall–Kier alpha value is -4.57. The van der Waals surface area contributed by atoms with Gasteiger partial charge in [-0.2, -0.15) is 31.6 Å². The Morgan fingerprint density at radius 2 is 1.44 bits per heavy atom. The van der Waals surface area contributed by atoms with Crippen molar-refractivity contribution in [3.63, 3.8) is 0 Å². The summed E-state index contributed by atoms with van der Waals surface area (Å²) < 4.78 is 109. The first kappa shape index (κ1) is 37.9. The second-order valence-electron chi connectivity index (χ2n) is 9.71. The summed E-state index contributed by atoms with van der Waals surface area (Å²) in [5.41, 5.74) is -4.54. The van der Waals surface area contributed by atoms with Crippen molar-refractivity contribution in [2.45, 2.75) is 24.4 Å². The smallest absolute Gasteiger partial charge is 0.368 e. The molecule has 4 amide bonds. The summed E-state index contributed by atoms with van der Waals surface area (Å²) in [7, 11) is 0. The zero-order valence-corrected chi connectivity index (χ0v) is 26.8. The van der Waals surface area contributed by atoms with Crippen LogP contribution in [0.25, 0.3) is 11.1 Å². The molecule has 254 valence electrons. The number of nitrogens with two attached hydrogens (primary N) is 1. The van der Waals surface area contributed by atoms with Crippen molar-refractivity contribution in [1.82, 2.24) is 10.6 Å². The van der Waals surface area contributed by atoms with Gasteiger partial charge in [-0.1, -0.05) is 12.1 Å². The molecular formula is C29H19Br2F8N5O4. The maximum absolute atomic E-state index is 15.8. The quantitative estimate of drug-likeness (QED) is 0.181. The SMILES string of the molecule is N#Cc1ccc(C(=O)NCCC(=O)NCC(N)=O)cc1-c1cccc(C(=O)Nc2c(Br)cc(C(F)(C(F)(F)F)C(F)(F)F)cc2Br)c1F. The molecule has 19 heteroatoms. The molecule has 0 saturated carbocycles. The Balaban J connectivity index is 1.91. The number of amides is 4. The molecule has 48 heavy (non-hydrogen) atoms. The van der Waals surface area contributed by atoms with E-state index in [0.29, 0.717) is 0 Å². The summed E-state index contributed by atoms with van der Waals surface area (Å²) in [4.78, 5) is 48.2. The highest BCUT2D eigenvalue weighted by atomic mass is 79.9. The summed E-state index contributed by atoms with van der Waals surface area (Å²) in [6, 6.07) is 9.06. The Bertz CT molecular complexity index is 1790. The van der Waals surface area contributed by atoms with E-state index < -0.39 is 79.8 Å². The van der Waals surface area contributed by atoms with E-state index >= 15 is 4.39 Å². The van der Waals surface area contributed by atoms with Crippen LogP contribution in [0, 0.1) is 17.1 Å². The van der Waals surface area contributed by atoms with Crippen LogP contribution in [0.3, 0.4) is 0 Å². The lowest BCUT2D eigenvalue weighted by atomic mass is 9.94. The summed E-state index contributed by atoms with van der Waals surface area (Å²) in [5.74, 6) is -4.56. The molecule has 0 aliphatic carbocycles. The molecule has 3 aromatic rings. The molecule has 9 nitrogen and oxygen atoms in total. The Labute approximate surface area is 282 Å². The molecule has 0 saturated heterocycles. The van der Waals surface area contributed by atoms with Crippen LogP contribution in [0.2, 0.25) is 0 Å². The van der Waals surface area contributed by atoms with Crippen LogP contribution in [-0.4, -0.2) is 49.1 Å². The first-order chi connectivity index (χ1) is 22.2. The lowest BCUT2D eigenvalue weighted by Gasteiger charge is -2.31. The fourth-order valence-electron chi connectivity index (χ4n) is 4.15. The third-order valence-electron chi connectivity index (χ3n) is 6.49. The molecular weight excluding hydrogens is 794 g/mol. The van der Waals surface area contributed by atoms with Gasteiger partial charge in [-0.15, -0.1) is 0 Å². The zero-order chi connectivity index (χ0) is 36.2. The molecule has 0 aromatic heterocycles. The predicted octanol–water partition coefficient (Wildman–Crippen LogP) is 6.15. The van der Waals surface area contributed by atoms with Crippen molar-refractivity contribution < 1.29 is 54.3 Å². The van der Waals surface area contributed by atoms with Gasteiger partial charge in [0.25, 0.3) is 11.8 Å². The minimum Gasteiger partial charge on any atom is -0.368 e. The summed E-state index contributed by atoms with van der Waals surface area (Å²) in [6.45, 7) is -0.577. The summed E-state index contributed by atoms with van der Waals surface area (Å²) in [6.07, 6.45) is -13.0. The van der Waals surface area contributed by atoms with Crippen molar-refractivity contribution in [2.75, 3.05) is 18.4 Å². The molecule has 0 spiro atoms. The van der Waals surface area contributed by atoms with Gasteiger partial charge in [-0.05, 0) is 68.3 Å². The maximum atomic E-state index is 15.8. The third-order valence-corrected chi connectivity index (χ3v) is 7.74. The fourth-order valence-corrected chi connectivity index (χ4v) is 5.53. The van der Waals surface area contributed by atoms with E-state index in [1.54, 1.807) is 0 Å². The first-order valence-electron chi connectivity index (χ1n) is 13.0. The highest BCUT2D eigenvalue weighted by Crippen LogP contribution is 2.54. The van der Waals surface area contributed by atoms with Gasteiger partial charge < -0.3 is 21.7 Å². The molecule has 0 heterocycles. The van der Waals surface area contributed by atoms with Crippen LogP contribution < -0.4 is 21.7 Å². The summed E-state index contributed by atoms with van der Waals surface area (Å²) >= 11 is 5.44. The highest BCUT2D eigenvalue weighted by Gasteiger charge is 2.73. The molecule has 3 rings (SSSR count). The standard InChI is InChI=1S/C29H19Br2F8N5O4/c30-19-9-15(27(33,28(34,35)36)29(37,38)39)10-20(31)24(19)44-26(48)17-3-1-2-16(23(17)32)18-8-13(4-5-14(18)11-40)25(47)42-7-6-22(46)43-12-21(41)45/h1-5,8-10H,6-7,12H2,(H2,41,45)(H,42,47)(H,43,46)(H,44,48). The number of hydrogen-bond donors (Lipinski definition) is 4. The number of anilines is 1. The molecule has 0 aliphatic rings. The van der Waals surface area contributed by atoms with Crippen LogP contribution in [0.15, 0.2) is 57.5 Å². The van der Waals surface area contributed by atoms with E-state index in [0.717, 1.165) is 12.1 Å². The van der Waals surface area contributed by atoms with Crippen molar-refractivity contribution >= 4 is 61.2 Å². The maximum Gasteiger partial charge on any atom is 0.435 e. The van der Waals surface area contributed by atoms with Crippen molar-refractivity contribution in [2.24, 2.45) is 5.73 Å². The topological polar surface area (TPSA) is 154 Å². The van der Waals surface area contributed by atoms with Gasteiger partial charge in [0.05, 0.1) is 29.4 Å². The van der Waals surface area contributed by atoms with Gasteiger partial charge in [-0.3, -0.25) is 19.2 Å². The van der Waals surface area contributed by atoms with Crippen LogP contribution in [0.1, 0.15) is 38.3 Å². The van der Waals surface area contributed by atoms with Crippen LogP contribution in [0.5, 0.6) is 0 Å². The molecule has 0 aliphatic heterocycles. The van der Waals surface area contributed by atoms with Crippen molar-refractivity contribution in [3.05, 3.63) is 85.5 Å². The van der Waals surface area contributed by atoms with Gasteiger partial charge >= 0.3 is 18.0 Å². The largest absolute Gasteiger partial charge is 0.435 e. The predicted molar refractivity (Wildman–Crippen MR) is 160 cm³/mol. The number of nitrogens with zero attached hydrogens (tertiary/aromatic N) is 1. The van der Waals surface area contributed by atoms with E-state index in [-0.39, 0.29) is 47.4 Å². The lowest BCUT2D eigenvalue weighted by molar-refractivity contribution is -0.348. The highest BCUT2D eigenvalue weighted by molar-refractivity contribution is 9.11. The average molecular weight is 813 g/mol. The number of nitriles is 1. The van der Waals surface area contributed by atoms with Crippen molar-refractivity contribution in [1.29, 1.82) is 5.26 Å². The van der Waals surface area contributed by atoms with Gasteiger partial charge in [0.15, 0.2) is 0 Å². The number of hydrogen-bond acceptors (Lipinski definition) is 5. The van der Waals surface area contributed by atoms with Crippen LogP contribution in [-0.2, 0) is 15.3 Å².